The van der Waals surface area contributed by atoms with Gasteiger partial charge in [-0.15, -0.1) is 0 Å². The number of alkyl halides is 6. The Labute approximate surface area is 153 Å². The number of aliphatic carboxylic acids is 1. The van der Waals surface area contributed by atoms with Crippen molar-refractivity contribution in [1.82, 2.24) is 10.6 Å². The number of nitrogens with one attached hydrogen (secondary N) is 2. The van der Waals surface area contributed by atoms with Gasteiger partial charge in [-0.3, -0.25) is 9.59 Å². The highest BCUT2D eigenvalue weighted by Crippen LogP contribution is 2.01. The lowest BCUT2D eigenvalue weighted by atomic mass is 10.2. The van der Waals surface area contributed by atoms with Crippen LogP contribution in [0.15, 0.2) is 0 Å². The van der Waals surface area contributed by atoms with E-state index in [2.05, 4.69) is 14.2 Å². The van der Waals surface area contributed by atoms with E-state index in [1.54, 1.807) is 10.6 Å². The van der Waals surface area contributed by atoms with Crippen molar-refractivity contribution in [1.29, 1.82) is 0 Å². The third kappa shape index (κ3) is 11.5. The number of nitrogens with two attached hydrogens (primary N) is 1. The van der Waals surface area contributed by atoms with E-state index in [1.165, 1.54) is 0 Å². The van der Waals surface area contributed by atoms with Crippen molar-refractivity contribution in [3.63, 3.8) is 0 Å². The minimum absolute atomic E-state index is 0.993. The third-order valence-electron chi connectivity index (χ3n) is 2.76. The summed E-state index contributed by atoms with van der Waals surface area (Å²) in [4.78, 5) is 34.6. The van der Waals surface area contributed by atoms with E-state index in [0.29, 0.717) is 0 Å². The molecule has 0 rings (SSSR count). The molecule has 0 spiro atoms. The number of amides is 2. The number of carbonyl (C=O) groups is 3. The van der Waals surface area contributed by atoms with E-state index >= 15 is 0 Å². The lowest BCUT2D eigenvalue weighted by Crippen LogP contribution is -2.57. The Kier molecular flexibility index (Phi) is 12.1. The molecular formula is C12H17F6N3O7. The first-order valence-electron chi connectivity index (χ1n) is 7.22. The fourth-order valence-corrected chi connectivity index (χ4v) is 1.50. The molecule has 0 radical (unpaired) electrons. The summed E-state index contributed by atoms with van der Waals surface area (Å²) in [6.45, 7) is -13.4. The Hall–Kier alpha value is -2.17. The van der Waals surface area contributed by atoms with E-state index in [9.17, 15) is 40.7 Å². The molecule has 0 saturated heterocycles. The summed E-state index contributed by atoms with van der Waals surface area (Å²) in [5.41, 5.74) is 5.21. The second kappa shape index (κ2) is 13.1. The maximum Gasteiger partial charge on any atom is 0.345 e. The molecule has 0 unspecified atom stereocenters. The molecule has 0 aromatic rings. The molecule has 5 N–H and O–H groups in total. The summed E-state index contributed by atoms with van der Waals surface area (Å²) in [7, 11) is 0. The van der Waals surface area contributed by atoms with Crippen LogP contribution in [-0.2, 0) is 28.6 Å². The van der Waals surface area contributed by atoms with Crippen molar-refractivity contribution in [2.45, 2.75) is 38.0 Å². The molecule has 0 fully saturated rings. The molecule has 28 heavy (non-hydrogen) atoms. The van der Waals surface area contributed by atoms with E-state index in [0.717, 1.165) is 0 Å². The number of carboxylic acids is 1. The van der Waals surface area contributed by atoms with Crippen LogP contribution < -0.4 is 16.4 Å². The number of ether oxygens (including phenoxy) is 3. The molecule has 16 heteroatoms. The van der Waals surface area contributed by atoms with E-state index in [4.69, 9.17) is 10.8 Å². The second-order valence-electron chi connectivity index (χ2n) is 4.85. The van der Waals surface area contributed by atoms with Gasteiger partial charge in [0.25, 0.3) is 0 Å². The third-order valence-corrected chi connectivity index (χ3v) is 2.76. The minimum Gasteiger partial charge on any atom is -0.480 e. The van der Waals surface area contributed by atoms with Gasteiger partial charge in [-0.05, 0) is 0 Å². The predicted octanol–water partition coefficient (Wildman–Crippen LogP) is -0.914. The average Bonchev–Trinajstić information content (AvgIpc) is 2.58. The van der Waals surface area contributed by atoms with Gasteiger partial charge in [-0.25, -0.2) is 4.79 Å². The summed E-state index contributed by atoms with van der Waals surface area (Å²) < 4.78 is 83.5. The van der Waals surface area contributed by atoms with Crippen LogP contribution in [0.2, 0.25) is 0 Å². The number of hydrogen-bond acceptors (Lipinski definition) is 7. The molecule has 0 heterocycles. The number of carbonyl (C=O) groups excluding carboxylic acids is 2. The molecule has 0 aromatic carbocycles. The summed E-state index contributed by atoms with van der Waals surface area (Å²) in [5, 5.41) is 12.3. The van der Waals surface area contributed by atoms with Gasteiger partial charge in [0.1, 0.15) is 12.1 Å². The molecular weight excluding hydrogens is 412 g/mol. The zero-order valence-corrected chi connectivity index (χ0v) is 13.8. The first kappa shape index (κ1) is 25.8. The molecule has 3 atom stereocenters. The molecule has 0 aromatic heterocycles. The summed E-state index contributed by atoms with van der Waals surface area (Å²) >= 11 is 0. The average molecular weight is 429 g/mol. The molecule has 0 aliphatic heterocycles. The molecule has 0 saturated carbocycles. The Bertz CT molecular complexity index is 514. The number of halogens is 6. The Morgan fingerprint density at radius 3 is 1.57 bits per heavy atom. The highest BCUT2D eigenvalue weighted by Gasteiger charge is 2.30. The molecule has 0 aliphatic carbocycles. The van der Waals surface area contributed by atoms with Gasteiger partial charge in [0.15, 0.2) is 6.04 Å². The summed E-state index contributed by atoms with van der Waals surface area (Å²) in [6.07, 6.45) is 0. The maximum atomic E-state index is 12.2. The Morgan fingerprint density at radius 2 is 1.14 bits per heavy atom. The van der Waals surface area contributed by atoms with Gasteiger partial charge >= 0.3 is 25.8 Å². The fraction of sp³-hybridized carbons (Fsp3) is 0.750. The van der Waals surface area contributed by atoms with Gasteiger partial charge in [-0.1, -0.05) is 0 Å². The van der Waals surface area contributed by atoms with E-state index < -0.39 is 75.6 Å². The van der Waals surface area contributed by atoms with Crippen LogP contribution in [0.25, 0.3) is 0 Å². The Morgan fingerprint density at radius 1 is 0.750 bits per heavy atom. The summed E-state index contributed by atoms with van der Waals surface area (Å²) in [5.74, 6) is -4.54. The van der Waals surface area contributed by atoms with Crippen molar-refractivity contribution in [2.24, 2.45) is 5.73 Å². The van der Waals surface area contributed by atoms with Crippen LogP contribution in [0.4, 0.5) is 26.3 Å². The SMILES string of the molecule is N[C@@H](COC(F)F)C(=O)N[C@@H](COC(F)F)C(=O)N[C@@H](COC(F)F)C(=O)O. The van der Waals surface area contributed by atoms with Crippen molar-refractivity contribution in [2.75, 3.05) is 19.8 Å². The Balaban J connectivity index is 5.01. The van der Waals surface area contributed by atoms with Crippen LogP contribution in [0.3, 0.4) is 0 Å². The van der Waals surface area contributed by atoms with Gasteiger partial charge < -0.3 is 35.7 Å². The summed E-state index contributed by atoms with van der Waals surface area (Å²) in [6, 6.07) is -5.73. The van der Waals surface area contributed by atoms with Gasteiger partial charge in [0.2, 0.25) is 11.8 Å². The first-order valence-corrected chi connectivity index (χ1v) is 7.22. The highest BCUT2D eigenvalue weighted by molar-refractivity contribution is 5.91. The van der Waals surface area contributed by atoms with E-state index in [1.807, 2.05) is 0 Å². The lowest BCUT2D eigenvalue weighted by molar-refractivity contribution is -0.159. The lowest BCUT2D eigenvalue weighted by Gasteiger charge is -2.22. The van der Waals surface area contributed by atoms with Crippen LogP contribution in [0, 0.1) is 0 Å². The number of rotatable bonds is 14. The van der Waals surface area contributed by atoms with Crippen molar-refractivity contribution < 1.29 is 60.0 Å². The topological polar surface area (TPSA) is 149 Å². The van der Waals surface area contributed by atoms with Crippen molar-refractivity contribution >= 4 is 17.8 Å². The van der Waals surface area contributed by atoms with Gasteiger partial charge in [0.05, 0.1) is 19.8 Å². The zero-order valence-electron chi connectivity index (χ0n) is 13.8. The zero-order chi connectivity index (χ0) is 21.9. The van der Waals surface area contributed by atoms with Crippen molar-refractivity contribution in [3.05, 3.63) is 0 Å². The normalized spacial score (nSPS) is 14.8. The molecule has 164 valence electrons. The molecule has 2 amide bonds. The molecule has 0 bridgehead atoms. The van der Waals surface area contributed by atoms with Crippen LogP contribution >= 0.6 is 0 Å². The molecule has 0 aliphatic rings. The van der Waals surface area contributed by atoms with E-state index in [-0.39, 0.29) is 0 Å². The van der Waals surface area contributed by atoms with Crippen LogP contribution in [0.1, 0.15) is 0 Å². The quantitative estimate of drug-likeness (QED) is 0.259. The van der Waals surface area contributed by atoms with Crippen LogP contribution in [-0.4, -0.2) is 80.7 Å². The van der Waals surface area contributed by atoms with Crippen LogP contribution in [0.5, 0.6) is 0 Å². The van der Waals surface area contributed by atoms with Gasteiger partial charge in [-0.2, -0.15) is 26.3 Å². The minimum atomic E-state index is -3.39. The second-order valence-corrected chi connectivity index (χ2v) is 4.85. The largest absolute Gasteiger partial charge is 0.480 e. The maximum absolute atomic E-state index is 12.2. The predicted molar refractivity (Wildman–Crippen MR) is 75.3 cm³/mol. The highest BCUT2D eigenvalue weighted by atomic mass is 19.3. The first-order chi connectivity index (χ1) is 12.9. The van der Waals surface area contributed by atoms with Gasteiger partial charge in [0, 0.05) is 0 Å². The standard InChI is InChI=1S/C12H17F6N3O7/c13-10(14)26-1-4(19)7(22)20-5(2-27-11(15)16)8(23)21-6(9(24)25)3-28-12(17)18/h4-6,10-12H,1-3,19H2,(H,20,22)(H,21,23)(H,24,25)/t4-,5-,6-/m0/s1. The smallest absolute Gasteiger partial charge is 0.345 e. The monoisotopic (exact) mass is 429 g/mol. The fourth-order valence-electron chi connectivity index (χ4n) is 1.50. The number of hydrogen-bond donors (Lipinski definition) is 4. The number of carboxylic acid groups (broad SMARTS) is 1. The molecule has 10 nitrogen and oxygen atoms in total. The van der Waals surface area contributed by atoms with Crippen molar-refractivity contribution in [3.8, 4) is 0 Å².